The zero-order chi connectivity index (χ0) is 12.8. The minimum Gasteiger partial charge on any atom is -0.329 e. The lowest BCUT2D eigenvalue weighted by Gasteiger charge is -2.37. The summed E-state index contributed by atoms with van der Waals surface area (Å²) >= 11 is 0. The van der Waals surface area contributed by atoms with Gasteiger partial charge in [-0.05, 0) is 44.1 Å². The fraction of sp³-hybridized carbons (Fsp3) is 0.643. The third-order valence-electron chi connectivity index (χ3n) is 3.74. The van der Waals surface area contributed by atoms with Gasteiger partial charge in [-0.3, -0.25) is 9.88 Å². The van der Waals surface area contributed by atoms with Gasteiger partial charge in [-0.15, -0.1) is 0 Å². The van der Waals surface area contributed by atoms with E-state index in [1.807, 2.05) is 12.4 Å². The number of likely N-dealkylation sites (N-methyl/N-ethyl adjacent to an activating group) is 1. The van der Waals surface area contributed by atoms with Crippen molar-refractivity contribution in [1.82, 2.24) is 14.8 Å². The molecular weight excluding hydrogens is 224 g/mol. The van der Waals surface area contributed by atoms with E-state index in [1.54, 1.807) is 0 Å². The molecule has 0 amide bonds. The van der Waals surface area contributed by atoms with Crippen molar-refractivity contribution in [3.8, 4) is 0 Å². The summed E-state index contributed by atoms with van der Waals surface area (Å²) in [6.07, 6.45) is 6.32. The first-order valence-electron chi connectivity index (χ1n) is 6.81. The SMILES string of the molecule is CN(CCN)C1CCCN(Cc2ccncc2)C1. The van der Waals surface area contributed by atoms with Crippen LogP contribution in [0.2, 0.25) is 0 Å². The van der Waals surface area contributed by atoms with E-state index in [2.05, 4.69) is 34.0 Å². The van der Waals surface area contributed by atoms with Crippen molar-refractivity contribution >= 4 is 0 Å². The maximum atomic E-state index is 5.63. The van der Waals surface area contributed by atoms with Crippen molar-refractivity contribution in [1.29, 1.82) is 0 Å². The number of rotatable bonds is 5. The van der Waals surface area contributed by atoms with Gasteiger partial charge in [-0.25, -0.2) is 0 Å². The van der Waals surface area contributed by atoms with E-state index in [9.17, 15) is 0 Å². The molecule has 1 saturated heterocycles. The summed E-state index contributed by atoms with van der Waals surface area (Å²) in [6, 6.07) is 4.87. The highest BCUT2D eigenvalue weighted by Gasteiger charge is 2.22. The summed E-state index contributed by atoms with van der Waals surface area (Å²) in [6.45, 7) is 5.13. The minimum atomic E-state index is 0.657. The topological polar surface area (TPSA) is 45.4 Å². The molecule has 0 spiro atoms. The summed E-state index contributed by atoms with van der Waals surface area (Å²) in [5, 5.41) is 0. The van der Waals surface area contributed by atoms with Crippen molar-refractivity contribution in [3.63, 3.8) is 0 Å². The fourth-order valence-electron chi connectivity index (χ4n) is 2.67. The summed E-state index contributed by atoms with van der Waals surface area (Å²) < 4.78 is 0. The molecular formula is C14H24N4. The molecule has 1 aromatic heterocycles. The van der Waals surface area contributed by atoms with E-state index in [0.29, 0.717) is 6.04 Å². The van der Waals surface area contributed by atoms with Gasteiger partial charge in [0.2, 0.25) is 0 Å². The van der Waals surface area contributed by atoms with E-state index in [4.69, 9.17) is 5.73 Å². The van der Waals surface area contributed by atoms with E-state index in [0.717, 1.165) is 26.2 Å². The van der Waals surface area contributed by atoms with E-state index >= 15 is 0 Å². The first-order valence-corrected chi connectivity index (χ1v) is 6.81. The Labute approximate surface area is 110 Å². The van der Waals surface area contributed by atoms with Crippen LogP contribution in [0.4, 0.5) is 0 Å². The molecule has 0 aliphatic carbocycles. The van der Waals surface area contributed by atoms with Gasteiger partial charge in [-0.1, -0.05) is 0 Å². The standard InChI is InChI=1S/C14H24N4/c1-17(10-6-15)14-3-2-9-18(12-14)11-13-4-7-16-8-5-13/h4-5,7-8,14H,2-3,6,9-12,15H2,1H3. The Hall–Kier alpha value is -0.970. The second-order valence-corrected chi connectivity index (χ2v) is 5.16. The minimum absolute atomic E-state index is 0.657. The molecule has 0 bridgehead atoms. The lowest BCUT2D eigenvalue weighted by atomic mass is 10.0. The molecule has 0 aromatic carbocycles. The highest BCUT2D eigenvalue weighted by molar-refractivity contribution is 5.09. The summed E-state index contributed by atoms with van der Waals surface area (Å²) in [5.74, 6) is 0. The number of likely N-dealkylation sites (tertiary alicyclic amines) is 1. The van der Waals surface area contributed by atoms with Gasteiger partial charge >= 0.3 is 0 Å². The van der Waals surface area contributed by atoms with Gasteiger partial charge in [0.25, 0.3) is 0 Å². The second kappa shape index (κ2) is 6.83. The van der Waals surface area contributed by atoms with Crippen LogP contribution >= 0.6 is 0 Å². The molecule has 1 aromatic rings. The third-order valence-corrected chi connectivity index (χ3v) is 3.74. The molecule has 4 nitrogen and oxygen atoms in total. The highest BCUT2D eigenvalue weighted by atomic mass is 15.2. The van der Waals surface area contributed by atoms with Crippen LogP contribution in [0, 0.1) is 0 Å². The lowest BCUT2D eigenvalue weighted by Crippen LogP contribution is -2.47. The van der Waals surface area contributed by atoms with Gasteiger partial charge < -0.3 is 10.6 Å². The Bertz CT molecular complexity index is 341. The number of nitrogens with two attached hydrogens (primary N) is 1. The van der Waals surface area contributed by atoms with Gasteiger partial charge in [-0.2, -0.15) is 0 Å². The second-order valence-electron chi connectivity index (χ2n) is 5.16. The van der Waals surface area contributed by atoms with Crippen LogP contribution in [-0.4, -0.2) is 54.1 Å². The van der Waals surface area contributed by atoms with Crippen molar-refractivity contribution in [3.05, 3.63) is 30.1 Å². The van der Waals surface area contributed by atoms with Crippen molar-refractivity contribution < 1.29 is 0 Å². The van der Waals surface area contributed by atoms with Crippen LogP contribution in [0.15, 0.2) is 24.5 Å². The predicted octanol–water partition coefficient (Wildman–Crippen LogP) is 0.937. The maximum absolute atomic E-state index is 5.63. The molecule has 2 heterocycles. The Morgan fingerprint density at radius 2 is 2.22 bits per heavy atom. The molecule has 0 saturated carbocycles. The largest absolute Gasteiger partial charge is 0.329 e. The molecule has 1 unspecified atom stereocenters. The molecule has 1 atom stereocenters. The smallest absolute Gasteiger partial charge is 0.0271 e. The number of nitrogens with zero attached hydrogens (tertiary/aromatic N) is 3. The third kappa shape index (κ3) is 3.77. The number of aromatic nitrogens is 1. The average molecular weight is 248 g/mol. The average Bonchev–Trinajstić information content (AvgIpc) is 2.40. The predicted molar refractivity (Wildman–Crippen MR) is 74.2 cm³/mol. The highest BCUT2D eigenvalue weighted by Crippen LogP contribution is 2.16. The molecule has 2 rings (SSSR count). The van der Waals surface area contributed by atoms with E-state index in [-0.39, 0.29) is 0 Å². The van der Waals surface area contributed by atoms with Crippen LogP contribution in [0.3, 0.4) is 0 Å². The molecule has 1 aliphatic rings. The molecule has 4 heteroatoms. The molecule has 1 fully saturated rings. The number of pyridine rings is 1. The van der Waals surface area contributed by atoms with Crippen LogP contribution < -0.4 is 5.73 Å². The molecule has 0 radical (unpaired) electrons. The molecule has 1 aliphatic heterocycles. The van der Waals surface area contributed by atoms with Crippen molar-refractivity contribution in [2.24, 2.45) is 5.73 Å². The first-order chi connectivity index (χ1) is 8.79. The Morgan fingerprint density at radius 1 is 1.44 bits per heavy atom. The zero-order valence-corrected chi connectivity index (χ0v) is 11.3. The van der Waals surface area contributed by atoms with Crippen LogP contribution in [-0.2, 0) is 6.54 Å². The summed E-state index contributed by atoms with van der Waals surface area (Å²) in [5.41, 5.74) is 6.99. The summed E-state index contributed by atoms with van der Waals surface area (Å²) in [4.78, 5) is 9.01. The number of hydrogen-bond donors (Lipinski definition) is 1. The van der Waals surface area contributed by atoms with Crippen LogP contribution in [0.1, 0.15) is 18.4 Å². The Balaban J connectivity index is 1.87. The lowest BCUT2D eigenvalue weighted by molar-refractivity contribution is 0.113. The number of hydrogen-bond acceptors (Lipinski definition) is 4. The van der Waals surface area contributed by atoms with Gasteiger partial charge in [0.1, 0.15) is 0 Å². The van der Waals surface area contributed by atoms with Crippen LogP contribution in [0.5, 0.6) is 0 Å². The van der Waals surface area contributed by atoms with Gasteiger partial charge in [0.15, 0.2) is 0 Å². The first kappa shape index (κ1) is 13.5. The molecule has 100 valence electrons. The number of piperidine rings is 1. The normalized spacial score (nSPS) is 21.4. The van der Waals surface area contributed by atoms with Crippen molar-refractivity contribution in [2.75, 3.05) is 33.2 Å². The Kier molecular flexibility index (Phi) is 5.11. The quantitative estimate of drug-likeness (QED) is 0.842. The summed E-state index contributed by atoms with van der Waals surface area (Å²) in [7, 11) is 2.19. The monoisotopic (exact) mass is 248 g/mol. The molecule has 2 N–H and O–H groups in total. The Morgan fingerprint density at radius 3 is 2.94 bits per heavy atom. The van der Waals surface area contributed by atoms with Crippen molar-refractivity contribution in [2.45, 2.75) is 25.4 Å². The van der Waals surface area contributed by atoms with Gasteiger partial charge in [0, 0.05) is 44.6 Å². The molecule has 18 heavy (non-hydrogen) atoms. The fourth-order valence-corrected chi connectivity index (χ4v) is 2.67. The van der Waals surface area contributed by atoms with E-state index < -0.39 is 0 Å². The maximum Gasteiger partial charge on any atom is 0.0271 e. The van der Waals surface area contributed by atoms with E-state index in [1.165, 1.54) is 24.9 Å². The zero-order valence-electron chi connectivity index (χ0n) is 11.3. The van der Waals surface area contributed by atoms with Crippen LogP contribution in [0.25, 0.3) is 0 Å². The van der Waals surface area contributed by atoms with Gasteiger partial charge in [0.05, 0.1) is 0 Å².